The Morgan fingerprint density at radius 2 is 2.05 bits per heavy atom. The first-order valence-corrected chi connectivity index (χ1v) is 7.56. The van der Waals surface area contributed by atoms with Crippen molar-refractivity contribution in [1.29, 1.82) is 0 Å². The zero-order valence-electron chi connectivity index (χ0n) is 12.2. The summed E-state index contributed by atoms with van der Waals surface area (Å²) in [5.41, 5.74) is 5.19. The van der Waals surface area contributed by atoms with Crippen LogP contribution < -0.4 is 5.32 Å². The van der Waals surface area contributed by atoms with Crippen LogP contribution in [0.4, 0.5) is 10.1 Å². The van der Waals surface area contributed by atoms with Crippen LogP contribution in [0.1, 0.15) is 43.0 Å². The summed E-state index contributed by atoms with van der Waals surface area (Å²) in [5.74, 6) is -0.165. The molecule has 2 aromatic rings. The van der Waals surface area contributed by atoms with Crippen molar-refractivity contribution in [3.05, 3.63) is 34.8 Å². The van der Waals surface area contributed by atoms with Crippen molar-refractivity contribution >= 4 is 16.6 Å². The Hall–Kier alpha value is -1.64. The third-order valence-corrected chi connectivity index (χ3v) is 4.17. The van der Waals surface area contributed by atoms with Crippen molar-refractivity contribution in [2.24, 2.45) is 0 Å². The third-order valence-electron chi connectivity index (χ3n) is 4.17. The van der Waals surface area contributed by atoms with Crippen LogP contribution in [0.15, 0.2) is 12.1 Å². The molecule has 0 atom stereocenters. The molecule has 1 aliphatic rings. The van der Waals surface area contributed by atoms with Gasteiger partial charge in [0.05, 0.1) is 5.52 Å². The number of benzene rings is 1. The first-order valence-electron chi connectivity index (χ1n) is 7.56. The third kappa shape index (κ3) is 2.15. The second-order valence-corrected chi connectivity index (χ2v) is 5.61. The van der Waals surface area contributed by atoms with Crippen LogP contribution in [0, 0.1) is 12.7 Å². The highest BCUT2D eigenvalue weighted by molar-refractivity contribution is 5.95. The Labute approximate surface area is 119 Å². The molecule has 1 N–H and O–H groups in total. The Morgan fingerprint density at radius 3 is 2.85 bits per heavy atom. The van der Waals surface area contributed by atoms with E-state index in [9.17, 15) is 4.39 Å². The van der Waals surface area contributed by atoms with Gasteiger partial charge < -0.3 is 5.32 Å². The van der Waals surface area contributed by atoms with Gasteiger partial charge in [0.1, 0.15) is 5.82 Å². The van der Waals surface area contributed by atoms with E-state index in [0.717, 1.165) is 42.4 Å². The SMILES string of the molecule is CCCNc1c2c(nc3c(C)c(F)ccc13)CCCC2. The molecule has 0 bridgehead atoms. The minimum Gasteiger partial charge on any atom is -0.384 e. The van der Waals surface area contributed by atoms with Crippen LogP contribution in [-0.2, 0) is 12.8 Å². The topological polar surface area (TPSA) is 24.9 Å². The van der Waals surface area contributed by atoms with Gasteiger partial charge in [-0.25, -0.2) is 4.39 Å². The summed E-state index contributed by atoms with van der Waals surface area (Å²) in [6.45, 7) is 4.93. The summed E-state index contributed by atoms with van der Waals surface area (Å²) in [5, 5.41) is 4.62. The van der Waals surface area contributed by atoms with E-state index in [2.05, 4.69) is 12.2 Å². The van der Waals surface area contributed by atoms with Crippen LogP contribution in [-0.4, -0.2) is 11.5 Å². The molecule has 0 saturated carbocycles. The lowest BCUT2D eigenvalue weighted by molar-refractivity contribution is 0.620. The van der Waals surface area contributed by atoms with E-state index in [4.69, 9.17) is 4.98 Å². The molecule has 20 heavy (non-hydrogen) atoms. The predicted molar refractivity (Wildman–Crippen MR) is 81.9 cm³/mol. The number of pyridine rings is 1. The fourth-order valence-corrected chi connectivity index (χ4v) is 3.05. The molecule has 3 heteroatoms. The fourth-order valence-electron chi connectivity index (χ4n) is 3.05. The molecule has 1 heterocycles. The van der Waals surface area contributed by atoms with Crippen LogP contribution in [0.25, 0.3) is 10.9 Å². The van der Waals surface area contributed by atoms with Gasteiger partial charge in [0.2, 0.25) is 0 Å². The number of fused-ring (bicyclic) bond motifs is 2. The molecule has 1 aromatic heterocycles. The van der Waals surface area contributed by atoms with E-state index >= 15 is 0 Å². The quantitative estimate of drug-likeness (QED) is 0.896. The van der Waals surface area contributed by atoms with Gasteiger partial charge in [-0.1, -0.05) is 6.92 Å². The van der Waals surface area contributed by atoms with Crippen molar-refractivity contribution in [3.63, 3.8) is 0 Å². The molecule has 1 aliphatic carbocycles. The molecule has 0 fully saturated rings. The van der Waals surface area contributed by atoms with Gasteiger partial charge in [-0.15, -0.1) is 0 Å². The number of anilines is 1. The van der Waals surface area contributed by atoms with Crippen molar-refractivity contribution < 1.29 is 4.39 Å². The van der Waals surface area contributed by atoms with E-state index in [0.29, 0.717) is 5.56 Å². The number of hydrogen-bond donors (Lipinski definition) is 1. The maximum Gasteiger partial charge on any atom is 0.128 e. The molecule has 0 amide bonds. The first kappa shape index (κ1) is 13.3. The molecule has 0 spiro atoms. The highest BCUT2D eigenvalue weighted by Gasteiger charge is 2.19. The zero-order valence-corrected chi connectivity index (χ0v) is 12.2. The lowest BCUT2D eigenvalue weighted by Crippen LogP contribution is -2.12. The van der Waals surface area contributed by atoms with Crippen molar-refractivity contribution in [1.82, 2.24) is 4.98 Å². The minimum atomic E-state index is -0.165. The molecular formula is C17H21FN2. The Balaban J connectivity index is 2.27. The average Bonchev–Trinajstić information content (AvgIpc) is 2.48. The lowest BCUT2D eigenvalue weighted by atomic mass is 9.92. The number of hydrogen-bond acceptors (Lipinski definition) is 2. The summed E-state index contributed by atoms with van der Waals surface area (Å²) in [4.78, 5) is 4.76. The first-order chi connectivity index (χ1) is 9.72. The molecule has 2 nitrogen and oxygen atoms in total. The second-order valence-electron chi connectivity index (χ2n) is 5.61. The molecule has 0 saturated heterocycles. The van der Waals surface area contributed by atoms with Crippen molar-refractivity contribution in [3.8, 4) is 0 Å². The number of aromatic nitrogens is 1. The van der Waals surface area contributed by atoms with Gasteiger partial charge in [-0.2, -0.15) is 0 Å². The molecule has 0 aliphatic heterocycles. The van der Waals surface area contributed by atoms with Crippen molar-refractivity contribution in [2.75, 3.05) is 11.9 Å². The second kappa shape index (κ2) is 5.39. The monoisotopic (exact) mass is 272 g/mol. The van der Waals surface area contributed by atoms with E-state index in [1.807, 2.05) is 13.0 Å². The maximum atomic E-state index is 13.8. The van der Waals surface area contributed by atoms with Gasteiger partial charge in [-0.05, 0) is 56.7 Å². The van der Waals surface area contributed by atoms with Gasteiger partial charge in [-0.3, -0.25) is 4.98 Å². The number of rotatable bonds is 3. The Kier molecular flexibility index (Phi) is 3.60. The molecular weight excluding hydrogens is 251 g/mol. The summed E-state index contributed by atoms with van der Waals surface area (Å²) in [6.07, 6.45) is 5.59. The molecule has 0 unspecified atom stereocenters. The summed E-state index contributed by atoms with van der Waals surface area (Å²) >= 11 is 0. The number of aryl methyl sites for hydroxylation is 2. The van der Waals surface area contributed by atoms with Gasteiger partial charge >= 0.3 is 0 Å². The zero-order chi connectivity index (χ0) is 14.1. The maximum absolute atomic E-state index is 13.8. The Bertz CT molecular complexity index is 649. The largest absolute Gasteiger partial charge is 0.384 e. The predicted octanol–water partition coefficient (Wildman–Crippen LogP) is 4.38. The van der Waals surface area contributed by atoms with Gasteiger partial charge in [0.15, 0.2) is 0 Å². The van der Waals surface area contributed by atoms with Gasteiger partial charge in [0, 0.05) is 28.9 Å². The number of nitrogens with one attached hydrogen (secondary N) is 1. The minimum absolute atomic E-state index is 0.165. The average molecular weight is 272 g/mol. The lowest BCUT2D eigenvalue weighted by Gasteiger charge is -2.22. The fraction of sp³-hybridized carbons (Fsp3) is 0.471. The summed E-state index contributed by atoms with van der Waals surface area (Å²) < 4.78 is 13.8. The van der Waals surface area contributed by atoms with E-state index in [1.165, 1.54) is 24.1 Å². The highest BCUT2D eigenvalue weighted by Crippen LogP contribution is 2.34. The van der Waals surface area contributed by atoms with E-state index in [-0.39, 0.29) is 5.82 Å². The van der Waals surface area contributed by atoms with Crippen LogP contribution in [0.2, 0.25) is 0 Å². The number of halogens is 1. The van der Waals surface area contributed by atoms with E-state index < -0.39 is 0 Å². The van der Waals surface area contributed by atoms with Crippen molar-refractivity contribution in [2.45, 2.75) is 46.0 Å². The van der Waals surface area contributed by atoms with Crippen LogP contribution in [0.3, 0.4) is 0 Å². The molecule has 0 radical (unpaired) electrons. The van der Waals surface area contributed by atoms with Crippen LogP contribution >= 0.6 is 0 Å². The Morgan fingerprint density at radius 1 is 1.25 bits per heavy atom. The summed E-state index contributed by atoms with van der Waals surface area (Å²) in [7, 11) is 0. The normalized spacial score (nSPS) is 14.3. The number of nitrogens with zero attached hydrogens (tertiary/aromatic N) is 1. The molecule has 106 valence electrons. The summed E-state index contributed by atoms with van der Waals surface area (Å²) in [6, 6.07) is 3.43. The standard InChI is InChI=1S/C17H21FN2/c1-3-10-19-17-12-6-4-5-7-15(12)20-16-11(2)14(18)9-8-13(16)17/h8-9H,3-7,10H2,1-2H3,(H,19,20). The van der Waals surface area contributed by atoms with Gasteiger partial charge in [0.25, 0.3) is 0 Å². The molecule has 1 aromatic carbocycles. The highest BCUT2D eigenvalue weighted by atomic mass is 19.1. The smallest absolute Gasteiger partial charge is 0.128 e. The van der Waals surface area contributed by atoms with Crippen LogP contribution in [0.5, 0.6) is 0 Å². The molecule has 3 rings (SSSR count). The van der Waals surface area contributed by atoms with E-state index in [1.54, 1.807) is 6.07 Å².